The monoisotopic (exact) mass is 389 g/mol. The molecule has 0 aliphatic carbocycles. The van der Waals surface area contributed by atoms with Crippen molar-refractivity contribution >= 4 is 22.8 Å². The van der Waals surface area contributed by atoms with Gasteiger partial charge < -0.3 is 19.5 Å². The van der Waals surface area contributed by atoms with Gasteiger partial charge in [-0.3, -0.25) is 0 Å². The molecule has 154 valence electrons. The van der Waals surface area contributed by atoms with E-state index in [0.717, 1.165) is 49.7 Å². The molecular weight excluding hydrogens is 358 g/mol. The standard InChI is InChI=1S/C22H31NO5/c1-5-6-7-8-9-16-10-18-17(11-19(16)28-13-20(24)25)21(22(26)27)15(4)23(18)12-14(2)3/h10-11,14H,5-9,12-13H2,1-4H3,(H,24,25)(H,26,27). The van der Waals surface area contributed by atoms with Gasteiger partial charge in [0.1, 0.15) is 5.75 Å². The van der Waals surface area contributed by atoms with Crippen molar-refractivity contribution in [3.8, 4) is 5.75 Å². The number of carbonyl (C=O) groups is 2. The average Bonchev–Trinajstić information content (AvgIpc) is 2.87. The molecule has 0 amide bonds. The molecule has 28 heavy (non-hydrogen) atoms. The van der Waals surface area contributed by atoms with Crippen molar-refractivity contribution in [1.82, 2.24) is 4.57 Å². The maximum Gasteiger partial charge on any atom is 0.341 e. The Balaban J connectivity index is 2.58. The van der Waals surface area contributed by atoms with E-state index in [-0.39, 0.29) is 5.56 Å². The molecule has 0 saturated carbocycles. The van der Waals surface area contributed by atoms with Gasteiger partial charge in [-0.1, -0.05) is 40.0 Å². The number of benzene rings is 1. The number of aliphatic carboxylic acids is 1. The minimum atomic E-state index is -1.05. The van der Waals surface area contributed by atoms with Crippen LogP contribution in [0.1, 0.15) is 68.1 Å². The highest BCUT2D eigenvalue weighted by Crippen LogP contribution is 2.34. The number of aryl methyl sites for hydroxylation is 1. The number of fused-ring (bicyclic) bond motifs is 1. The van der Waals surface area contributed by atoms with E-state index in [1.54, 1.807) is 6.07 Å². The lowest BCUT2D eigenvalue weighted by Crippen LogP contribution is -2.11. The average molecular weight is 389 g/mol. The molecule has 2 rings (SSSR count). The van der Waals surface area contributed by atoms with Gasteiger partial charge in [0, 0.05) is 23.1 Å². The summed E-state index contributed by atoms with van der Waals surface area (Å²) in [6, 6.07) is 3.70. The fraction of sp³-hybridized carbons (Fsp3) is 0.545. The van der Waals surface area contributed by atoms with Crippen LogP contribution in [0.4, 0.5) is 0 Å². The molecule has 0 spiro atoms. The summed E-state index contributed by atoms with van der Waals surface area (Å²) >= 11 is 0. The van der Waals surface area contributed by atoms with E-state index in [9.17, 15) is 14.7 Å². The van der Waals surface area contributed by atoms with Gasteiger partial charge >= 0.3 is 11.9 Å². The zero-order chi connectivity index (χ0) is 20.8. The van der Waals surface area contributed by atoms with Gasteiger partial charge in [-0.15, -0.1) is 0 Å². The minimum Gasteiger partial charge on any atom is -0.482 e. The second-order valence-corrected chi connectivity index (χ2v) is 7.74. The van der Waals surface area contributed by atoms with Crippen LogP contribution in [0.2, 0.25) is 0 Å². The molecule has 6 nitrogen and oxygen atoms in total. The van der Waals surface area contributed by atoms with Crippen LogP contribution >= 0.6 is 0 Å². The van der Waals surface area contributed by atoms with Crippen molar-refractivity contribution < 1.29 is 24.5 Å². The van der Waals surface area contributed by atoms with Gasteiger partial charge in [0.05, 0.1) is 5.56 Å². The first-order chi connectivity index (χ1) is 13.3. The van der Waals surface area contributed by atoms with E-state index in [4.69, 9.17) is 9.84 Å². The van der Waals surface area contributed by atoms with Crippen molar-refractivity contribution in [3.63, 3.8) is 0 Å². The fourth-order valence-electron chi connectivity index (χ4n) is 3.63. The summed E-state index contributed by atoms with van der Waals surface area (Å²) in [6.45, 7) is 8.46. The molecule has 2 N–H and O–H groups in total. The number of hydrogen-bond donors (Lipinski definition) is 2. The summed E-state index contributed by atoms with van der Waals surface area (Å²) in [5.41, 5.74) is 2.78. The van der Waals surface area contributed by atoms with Gasteiger partial charge in [0.15, 0.2) is 6.61 Å². The Morgan fingerprint density at radius 3 is 2.43 bits per heavy atom. The molecular formula is C22H31NO5. The molecule has 0 aliphatic heterocycles. The lowest BCUT2D eigenvalue weighted by atomic mass is 10.0. The summed E-state index contributed by atoms with van der Waals surface area (Å²) < 4.78 is 7.58. The highest BCUT2D eigenvalue weighted by Gasteiger charge is 2.22. The number of hydrogen-bond acceptors (Lipinski definition) is 3. The van der Waals surface area contributed by atoms with Crippen LogP contribution < -0.4 is 4.74 Å². The minimum absolute atomic E-state index is 0.258. The van der Waals surface area contributed by atoms with Gasteiger partial charge in [-0.25, -0.2) is 9.59 Å². The topological polar surface area (TPSA) is 88.8 Å². The molecule has 1 aromatic carbocycles. The lowest BCUT2D eigenvalue weighted by molar-refractivity contribution is -0.139. The highest BCUT2D eigenvalue weighted by molar-refractivity contribution is 6.05. The Morgan fingerprint density at radius 2 is 1.86 bits per heavy atom. The van der Waals surface area contributed by atoms with Crippen LogP contribution in [-0.2, 0) is 17.8 Å². The Hall–Kier alpha value is -2.50. The molecule has 0 aliphatic rings. The van der Waals surface area contributed by atoms with Gasteiger partial charge in [-0.2, -0.15) is 0 Å². The van der Waals surface area contributed by atoms with Crippen LogP contribution in [0.5, 0.6) is 5.75 Å². The van der Waals surface area contributed by atoms with Crippen molar-refractivity contribution in [2.75, 3.05) is 6.61 Å². The van der Waals surface area contributed by atoms with Crippen LogP contribution in [-0.4, -0.2) is 33.3 Å². The van der Waals surface area contributed by atoms with E-state index in [1.807, 2.05) is 13.0 Å². The summed E-state index contributed by atoms with van der Waals surface area (Å²) in [5, 5.41) is 19.3. The van der Waals surface area contributed by atoms with Gasteiger partial charge in [-0.05, 0) is 43.4 Å². The summed E-state index contributed by atoms with van der Waals surface area (Å²) in [6.07, 6.45) is 5.15. The van der Waals surface area contributed by atoms with E-state index >= 15 is 0 Å². The number of ether oxygens (including phenoxy) is 1. The Bertz CT molecular complexity index is 850. The number of carboxylic acids is 2. The zero-order valence-corrected chi connectivity index (χ0v) is 17.2. The molecule has 0 bridgehead atoms. The Morgan fingerprint density at radius 1 is 1.14 bits per heavy atom. The zero-order valence-electron chi connectivity index (χ0n) is 17.2. The third-order valence-corrected chi connectivity index (χ3v) is 4.92. The Labute approximate surface area is 166 Å². The van der Waals surface area contributed by atoms with E-state index in [2.05, 4.69) is 25.3 Å². The predicted molar refractivity (Wildman–Crippen MR) is 109 cm³/mol. The first-order valence-corrected chi connectivity index (χ1v) is 9.99. The van der Waals surface area contributed by atoms with Crippen LogP contribution in [0.25, 0.3) is 10.9 Å². The number of rotatable bonds is 11. The maximum atomic E-state index is 11.9. The number of aromatic nitrogens is 1. The van der Waals surface area contributed by atoms with Crippen LogP contribution in [0, 0.1) is 12.8 Å². The van der Waals surface area contributed by atoms with Gasteiger partial charge in [0.25, 0.3) is 0 Å². The van der Waals surface area contributed by atoms with Gasteiger partial charge in [0.2, 0.25) is 0 Å². The molecule has 6 heteroatoms. The van der Waals surface area contributed by atoms with Crippen molar-refractivity contribution in [1.29, 1.82) is 0 Å². The third-order valence-electron chi connectivity index (χ3n) is 4.92. The molecule has 1 heterocycles. The molecule has 0 fully saturated rings. The summed E-state index contributed by atoms with van der Waals surface area (Å²) in [5.74, 6) is -1.20. The number of aromatic carboxylic acids is 1. The van der Waals surface area contributed by atoms with Crippen molar-refractivity contribution in [2.24, 2.45) is 5.92 Å². The second kappa shape index (κ2) is 9.62. The lowest BCUT2D eigenvalue weighted by Gasteiger charge is -2.14. The number of carboxylic acid groups (broad SMARTS) is 2. The predicted octanol–water partition coefficient (Wildman–Crippen LogP) is 4.89. The molecule has 0 radical (unpaired) electrons. The fourth-order valence-corrected chi connectivity index (χ4v) is 3.63. The van der Waals surface area contributed by atoms with Crippen LogP contribution in [0.15, 0.2) is 12.1 Å². The first kappa shape index (κ1) is 21.8. The SMILES string of the molecule is CCCCCCc1cc2c(cc1OCC(=O)O)c(C(=O)O)c(C)n2CC(C)C. The molecule has 0 atom stereocenters. The summed E-state index contributed by atoms with van der Waals surface area (Å²) in [4.78, 5) is 22.9. The Kier molecular flexibility index (Phi) is 7.49. The van der Waals surface area contributed by atoms with Crippen molar-refractivity contribution in [3.05, 3.63) is 29.0 Å². The largest absolute Gasteiger partial charge is 0.482 e. The third kappa shape index (κ3) is 5.06. The molecule has 0 unspecified atom stereocenters. The summed E-state index contributed by atoms with van der Waals surface area (Å²) in [7, 11) is 0. The highest BCUT2D eigenvalue weighted by atomic mass is 16.5. The quantitative estimate of drug-likeness (QED) is 0.534. The maximum absolute atomic E-state index is 11.9. The smallest absolute Gasteiger partial charge is 0.341 e. The normalized spacial score (nSPS) is 11.3. The molecule has 2 aromatic rings. The van der Waals surface area contributed by atoms with E-state index in [1.165, 1.54) is 0 Å². The van der Waals surface area contributed by atoms with Crippen molar-refractivity contribution in [2.45, 2.75) is 66.3 Å². The second-order valence-electron chi connectivity index (χ2n) is 7.74. The molecule has 0 saturated heterocycles. The number of unbranched alkanes of at least 4 members (excludes halogenated alkanes) is 3. The number of nitrogens with zero attached hydrogens (tertiary/aromatic N) is 1. The van der Waals surface area contributed by atoms with Crippen LogP contribution in [0.3, 0.4) is 0 Å². The van der Waals surface area contributed by atoms with E-state index < -0.39 is 18.5 Å². The molecule has 1 aromatic heterocycles. The first-order valence-electron chi connectivity index (χ1n) is 9.99. The van der Waals surface area contributed by atoms with E-state index in [0.29, 0.717) is 22.7 Å².